The van der Waals surface area contributed by atoms with Gasteiger partial charge in [0.1, 0.15) is 5.82 Å². The van der Waals surface area contributed by atoms with Gasteiger partial charge in [-0.05, 0) is 25.2 Å². The van der Waals surface area contributed by atoms with E-state index in [1.807, 2.05) is 0 Å². The van der Waals surface area contributed by atoms with E-state index >= 15 is 0 Å². The number of hydrogen-bond donors (Lipinski definition) is 1. The van der Waals surface area contributed by atoms with Crippen LogP contribution in [0.5, 0.6) is 0 Å². The van der Waals surface area contributed by atoms with Gasteiger partial charge in [0.05, 0.1) is 5.75 Å². The van der Waals surface area contributed by atoms with Gasteiger partial charge in [0.25, 0.3) is 0 Å². The second kappa shape index (κ2) is 4.57. The summed E-state index contributed by atoms with van der Waals surface area (Å²) in [5.74, 6) is 1.64. The van der Waals surface area contributed by atoms with Crippen molar-refractivity contribution in [2.75, 3.05) is 5.75 Å². The van der Waals surface area contributed by atoms with Crippen LogP contribution >= 0.6 is 11.8 Å². The Labute approximate surface area is 110 Å². The number of aliphatic carboxylic acids is 1. The zero-order valence-electron chi connectivity index (χ0n) is 10.4. The molecule has 98 valence electrons. The summed E-state index contributed by atoms with van der Waals surface area (Å²) in [4.78, 5) is 10.7. The van der Waals surface area contributed by atoms with Crippen LogP contribution in [-0.2, 0) is 4.79 Å². The fourth-order valence-corrected chi connectivity index (χ4v) is 3.15. The van der Waals surface area contributed by atoms with Crippen LogP contribution in [0.2, 0.25) is 0 Å². The Kier molecular flexibility index (Phi) is 3.05. The summed E-state index contributed by atoms with van der Waals surface area (Å²) in [5.41, 5.74) is 0. The van der Waals surface area contributed by atoms with Gasteiger partial charge in [0.2, 0.25) is 0 Å². The van der Waals surface area contributed by atoms with Gasteiger partial charge >= 0.3 is 5.97 Å². The largest absolute Gasteiger partial charge is 0.481 e. The van der Waals surface area contributed by atoms with E-state index in [9.17, 15) is 4.79 Å². The van der Waals surface area contributed by atoms with Gasteiger partial charge in [0, 0.05) is 12.0 Å². The number of hydrogen-bond acceptors (Lipinski definition) is 4. The topological polar surface area (TPSA) is 68.0 Å². The molecule has 0 saturated heterocycles. The second-order valence-electron chi connectivity index (χ2n) is 5.14. The first-order chi connectivity index (χ1) is 8.70. The molecule has 0 aliphatic heterocycles. The van der Waals surface area contributed by atoms with E-state index in [1.165, 1.54) is 37.4 Å². The lowest BCUT2D eigenvalue weighted by Crippen LogP contribution is -2.05. The molecule has 2 aliphatic rings. The highest BCUT2D eigenvalue weighted by Gasteiger charge is 2.42. The lowest BCUT2D eigenvalue weighted by molar-refractivity contribution is -0.133. The Balaban J connectivity index is 1.82. The van der Waals surface area contributed by atoms with Gasteiger partial charge in [-0.1, -0.05) is 25.1 Å². The van der Waals surface area contributed by atoms with E-state index < -0.39 is 5.97 Å². The predicted octanol–water partition coefficient (Wildman–Crippen LogP) is 2.30. The van der Waals surface area contributed by atoms with E-state index in [1.54, 1.807) is 0 Å². The van der Waals surface area contributed by atoms with Crippen LogP contribution in [0.3, 0.4) is 0 Å². The first-order valence-corrected chi connectivity index (χ1v) is 7.48. The molecule has 2 atom stereocenters. The van der Waals surface area contributed by atoms with Crippen molar-refractivity contribution in [1.82, 2.24) is 14.8 Å². The molecule has 0 spiro atoms. The van der Waals surface area contributed by atoms with Crippen molar-refractivity contribution in [3.05, 3.63) is 5.82 Å². The van der Waals surface area contributed by atoms with E-state index in [0.29, 0.717) is 12.0 Å². The van der Waals surface area contributed by atoms with Gasteiger partial charge in [0.15, 0.2) is 5.16 Å². The third-order valence-corrected chi connectivity index (χ3v) is 4.63. The number of aromatic nitrogens is 3. The molecule has 1 heterocycles. The third-order valence-electron chi connectivity index (χ3n) is 3.70. The molecule has 2 saturated carbocycles. The van der Waals surface area contributed by atoms with Crippen LogP contribution in [0.15, 0.2) is 5.16 Å². The summed E-state index contributed by atoms with van der Waals surface area (Å²) in [5, 5.41) is 18.0. The zero-order valence-corrected chi connectivity index (χ0v) is 11.2. The second-order valence-corrected chi connectivity index (χ2v) is 6.08. The third kappa shape index (κ3) is 2.25. The lowest BCUT2D eigenvalue weighted by atomic mass is 10.3. The van der Waals surface area contributed by atoms with Crippen LogP contribution in [-0.4, -0.2) is 31.6 Å². The summed E-state index contributed by atoms with van der Waals surface area (Å²) in [6.45, 7) is 2.20. The van der Waals surface area contributed by atoms with Crippen LogP contribution in [0, 0.1) is 5.92 Å². The standard InChI is InChI=1S/C12H17N3O2S/c1-2-7-5-9(7)15-11(8-3-4-8)13-14-12(15)18-6-10(16)17/h7-9H,2-6H2,1H3,(H,16,17). The molecule has 0 bridgehead atoms. The molecule has 2 unspecified atom stereocenters. The van der Waals surface area contributed by atoms with Crippen molar-refractivity contribution < 1.29 is 9.90 Å². The zero-order chi connectivity index (χ0) is 12.7. The molecule has 0 amide bonds. The first-order valence-electron chi connectivity index (χ1n) is 6.50. The van der Waals surface area contributed by atoms with Crippen molar-refractivity contribution in [3.8, 4) is 0 Å². The molecular weight excluding hydrogens is 250 g/mol. The molecule has 3 rings (SSSR count). The maximum Gasteiger partial charge on any atom is 0.313 e. The fourth-order valence-electron chi connectivity index (χ4n) is 2.43. The Hall–Kier alpha value is -1.04. The predicted molar refractivity (Wildman–Crippen MR) is 67.8 cm³/mol. The molecule has 0 radical (unpaired) electrons. The number of rotatable bonds is 6. The van der Waals surface area contributed by atoms with Crippen LogP contribution in [0.1, 0.15) is 50.4 Å². The quantitative estimate of drug-likeness (QED) is 0.801. The summed E-state index contributed by atoms with van der Waals surface area (Å²) in [7, 11) is 0. The number of carbonyl (C=O) groups is 1. The molecule has 2 fully saturated rings. The van der Waals surface area contributed by atoms with Crippen molar-refractivity contribution in [1.29, 1.82) is 0 Å². The minimum atomic E-state index is -0.801. The molecule has 2 aliphatic carbocycles. The Morgan fingerprint density at radius 2 is 2.28 bits per heavy atom. The molecule has 5 nitrogen and oxygen atoms in total. The maximum absolute atomic E-state index is 10.7. The fraction of sp³-hybridized carbons (Fsp3) is 0.750. The summed E-state index contributed by atoms with van der Waals surface area (Å²) in [6, 6.07) is 0.511. The van der Waals surface area contributed by atoms with Gasteiger partial charge in [-0.2, -0.15) is 0 Å². The number of carboxylic acids is 1. The number of thioether (sulfide) groups is 1. The maximum atomic E-state index is 10.7. The molecule has 6 heteroatoms. The Morgan fingerprint density at radius 3 is 2.83 bits per heavy atom. The van der Waals surface area contributed by atoms with Gasteiger partial charge < -0.3 is 9.67 Å². The minimum absolute atomic E-state index is 0.0618. The summed E-state index contributed by atoms with van der Waals surface area (Å²) in [6.07, 6.45) is 4.77. The highest BCUT2D eigenvalue weighted by Crippen LogP contribution is 2.50. The average molecular weight is 267 g/mol. The molecule has 1 aromatic rings. The average Bonchev–Trinajstić information content (AvgIpc) is 3.25. The van der Waals surface area contributed by atoms with Gasteiger partial charge in [-0.15, -0.1) is 10.2 Å². The van der Waals surface area contributed by atoms with Gasteiger partial charge in [-0.3, -0.25) is 4.79 Å². The summed E-state index contributed by atoms with van der Waals surface area (Å²) >= 11 is 1.29. The Bertz CT molecular complexity index is 470. The smallest absolute Gasteiger partial charge is 0.313 e. The van der Waals surface area contributed by atoms with E-state index in [0.717, 1.165) is 16.9 Å². The molecule has 0 aromatic carbocycles. The van der Waals surface area contributed by atoms with Crippen molar-refractivity contribution in [2.45, 2.75) is 49.7 Å². The first kappa shape index (κ1) is 12.0. The van der Waals surface area contributed by atoms with Crippen LogP contribution in [0.25, 0.3) is 0 Å². The lowest BCUT2D eigenvalue weighted by Gasteiger charge is -2.08. The Morgan fingerprint density at radius 1 is 1.50 bits per heavy atom. The minimum Gasteiger partial charge on any atom is -0.481 e. The monoisotopic (exact) mass is 267 g/mol. The molecule has 1 aromatic heterocycles. The SMILES string of the molecule is CCC1CC1n1c(SCC(=O)O)nnc1C1CC1. The number of carboxylic acid groups (broad SMARTS) is 1. The molecular formula is C12H17N3O2S. The van der Waals surface area contributed by atoms with Crippen molar-refractivity contribution >= 4 is 17.7 Å². The van der Waals surface area contributed by atoms with Crippen molar-refractivity contribution in [2.24, 2.45) is 5.92 Å². The van der Waals surface area contributed by atoms with E-state index in [-0.39, 0.29) is 5.75 Å². The summed E-state index contributed by atoms with van der Waals surface area (Å²) < 4.78 is 2.22. The highest BCUT2D eigenvalue weighted by atomic mass is 32.2. The van der Waals surface area contributed by atoms with E-state index in [4.69, 9.17) is 5.11 Å². The molecule has 18 heavy (non-hydrogen) atoms. The number of nitrogens with zero attached hydrogens (tertiary/aromatic N) is 3. The molecule has 1 N–H and O–H groups in total. The highest BCUT2D eigenvalue weighted by molar-refractivity contribution is 7.99. The van der Waals surface area contributed by atoms with Crippen LogP contribution in [0.4, 0.5) is 0 Å². The normalized spacial score (nSPS) is 26.3. The van der Waals surface area contributed by atoms with E-state index in [2.05, 4.69) is 21.7 Å². The van der Waals surface area contributed by atoms with Gasteiger partial charge in [-0.25, -0.2) is 0 Å². The van der Waals surface area contributed by atoms with Crippen LogP contribution < -0.4 is 0 Å². The van der Waals surface area contributed by atoms with Crippen molar-refractivity contribution in [3.63, 3.8) is 0 Å².